The molecule has 2 aromatic carbocycles. The van der Waals surface area contributed by atoms with E-state index < -0.39 is 0 Å². The third-order valence-corrected chi connectivity index (χ3v) is 4.78. The normalized spacial score (nSPS) is 16.3. The second-order valence-electron chi connectivity index (χ2n) is 5.10. The van der Waals surface area contributed by atoms with E-state index in [2.05, 4.69) is 0 Å². The van der Waals surface area contributed by atoms with Crippen LogP contribution >= 0.6 is 24.0 Å². The zero-order valence-corrected chi connectivity index (χ0v) is 14.4. The highest BCUT2D eigenvalue weighted by atomic mass is 32.2. The molecule has 5 heteroatoms. The monoisotopic (exact) mass is 341 g/mol. The topological polar surface area (TPSA) is 29.5 Å². The summed E-state index contributed by atoms with van der Waals surface area (Å²) in [5.74, 6) is 0.635. The molecule has 0 radical (unpaired) electrons. The van der Waals surface area contributed by atoms with Crippen molar-refractivity contribution in [2.24, 2.45) is 0 Å². The number of anilines is 1. The zero-order valence-electron chi connectivity index (χ0n) is 12.8. The van der Waals surface area contributed by atoms with Gasteiger partial charge in [0.15, 0.2) is 4.32 Å². The first kappa shape index (κ1) is 15.8. The van der Waals surface area contributed by atoms with Gasteiger partial charge in [-0.2, -0.15) is 0 Å². The van der Waals surface area contributed by atoms with Gasteiger partial charge in [0.1, 0.15) is 5.75 Å². The fourth-order valence-electron chi connectivity index (χ4n) is 2.38. The van der Waals surface area contributed by atoms with Crippen molar-refractivity contribution in [3.8, 4) is 5.75 Å². The number of hydrogen-bond donors (Lipinski definition) is 0. The third kappa shape index (κ3) is 3.16. The molecule has 0 unspecified atom stereocenters. The highest BCUT2D eigenvalue weighted by molar-refractivity contribution is 8.27. The number of nitrogens with zero attached hydrogens (tertiary/aromatic N) is 1. The van der Waals surface area contributed by atoms with Crippen LogP contribution in [-0.4, -0.2) is 17.3 Å². The van der Waals surface area contributed by atoms with Crippen LogP contribution in [0.1, 0.15) is 11.1 Å². The highest BCUT2D eigenvalue weighted by Gasteiger charge is 2.33. The molecule has 116 valence electrons. The Morgan fingerprint density at radius 1 is 1.17 bits per heavy atom. The van der Waals surface area contributed by atoms with Crippen molar-refractivity contribution in [2.45, 2.75) is 6.92 Å². The van der Waals surface area contributed by atoms with Crippen LogP contribution in [-0.2, 0) is 4.79 Å². The molecule has 3 rings (SSSR count). The van der Waals surface area contributed by atoms with E-state index in [1.807, 2.05) is 61.5 Å². The van der Waals surface area contributed by atoms with E-state index in [1.54, 1.807) is 12.0 Å². The van der Waals surface area contributed by atoms with Gasteiger partial charge in [-0.1, -0.05) is 53.8 Å². The SMILES string of the molecule is COc1ccc(C)cc1/C=C1/SC(=S)N(c2ccccc2)C1=O. The summed E-state index contributed by atoms with van der Waals surface area (Å²) >= 11 is 6.69. The molecule has 1 heterocycles. The lowest BCUT2D eigenvalue weighted by Crippen LogP contribution is -2.27. The van der Waals surface area contributed by atoms with Gasteiger partial charge in [0, 0.05) is 5.56 Å². The van der Waals surface area contributed by atoms with Gasteiger partial charge in [-0.05, 0) is 37.3 Å². The number of benzene rings is 2. The Labute approximate surface area is 144 Å². The number of hydrogen-bond acceptors (Lipinski definition) is 4. The number of methoxy groups -OCH3 is 1. The van der Waals surface area contributed by atoms with Crippen molar-refractivity contribution in [3.05, 3.63) is 64.6 Å². The van der Waals surface area contributed by atoms with Crippen LogP contribution < -0.4 is 9.64 Å². The molecule has 1 fully saturated rings. The van der Waals surface area contributed by atoms with E-state index >= 15 is 0 Å². The van der Waals surface area contributed by atoms with Crippen LogP contribution in [0.4, 0.5) is 5.69 Å². The maximum Gasteiger partial charge on any atom is 0.270 e. The fraction of sp³-hybridized carbons (Fsp3) is 0.111. The first-order valence-electron chi connectivity index (χ1n) is 7.08. The first-order chi connectivity index (χ1) is 11.1. The Balaban J connectivity index is 1.98. The van der Waals surface area contributed by atoms with Crippen LogP contribution in [0.2, 0.25) is 0 Å². The van der Waals surface area contributed by atoms with Crippen molar-refractivity contribution in [2.75, 3.05) is 12.0 Å². The van der Waals surface area contributed by atoms with Crippen LogP contribution in [0.5, 0.6) is 5.75 Å². The van der Waals surface area contributed by atoms with E-state index in [0.29, 0.717) is 9.23 Å². The number of thioether (sulfide) groups is 1. The molecule has 2 aromatic rings. The summed E-state index contributed by atoms with van der Waals surface area (Å²) in [6.45, 7) is 2.01. The Bertz CT molecular complexity index is 800. The number of carbonyl (C=O) groups excluding carboxylic acids is 1. The molecule has 0 N–H and O–H groups in total. The van der Waals surface area contributed by atoms with Gasteiger partial charge in [0.25, 0.3) is 5.91 Å². The van der Waals surface area contributed by atoms with Gasteiger partial charge in [-0.25, -0.2) is 0 Å². The summed E-state index contributed by atoms with van der Waals surface area (Å²) in [5.41, 5.74) is 2.77. The van der Waals surface area contributed by atoms with Crippen molar-refractivity contribution in [3.63, 3.8) is 0 Å². The molecular weight excluding hydrogens is 326 g/mol. The molecule has 0 aromatic heterocycles. The lowest BCUT2D eigenvalue weighted by molar-refractivity contribution is -0.113. The van der Waals surface area contributed by atoms with Crippen molar-refractivity contribution >= 4 is 46.0 Å². The van der Waals surface area contributed by atoms with Gasteiger partial charge in [-0.15, -0.1) is 0 Å². The number of para-hydroxylation sites is 1. The molecular formula is C18H15NO2S2. The Hall–Kier alpha value is -2.11. The molecule has 1 amide bonds. The summed E-state index contributed by atoms with van der Waals surface area (Å²) in [6, 6.07) is 15.3. The van der Waals surface area contributed by atoms with Crippen molar-refractivity contribution in [1.29, 1.82) is 0 Å². The zero-order chi connectivity index (χ0) is 16.4. The Morgan fingerprint density at radius 3 is 2.61 bits per heavy atom. The van der Waals surface area contributed by atoms with Crippen molar-refractivity contribution < 1.29 is 9.53 Å². The molecule has 0 aliphatic carbocycles. The maximum atomic E-state index is 12.7. The van der Waals surface area contributed by atoms with Gasteiger partial charge in [-0.3, -0.25) is 9.69 Å². The van der Waals surface area contributed by atoms with Gasteiger partial charge in [0.2, 0.25) is 0 Å². The van der Waals surface area contributed by atoms with Gasteiger partial charge >= 0.3 is 0 Å². The predicted octanol–water partition coefficient (Wildman–Crippen LogP) is 4.41. The third-order valence-electron chi connectivity index (χ3n) is 3.48. The average Bonchev–Trinajstić information content (AvgIpc) is 2.82. The Morgan fingerprint density at radius 2 is 1.91 bits per heavy atom. The summed E-state index contributed by atoms with van der Waals surface area (Å²) in [7, 11) is 1.62. The van der Waals surface area contributed by atoms with E-state index in [1.165, 1.54) is 11.8 Å². The molecule has 0 atom stereocenters. The molecule has 0 bridgehead atoms. The number of thiocarbonyl (C=S) groups is 1. The number of rotatable bonds is 3. The predicted molar refractivity (Wildman–Crippen MR) is 99.8 cm³/mol. The van der Waals surface area contributed by atoms with Crippen molar-refractivity contribution in [1.82, 2.24) is 0 Å². The number of aryl methyl sites for hydroxylation is 1. The summed E-state index contributed by atoms with van der Waals surface area (Å²) in [5, 5.41) is 0. The average molecular weight is 341 g/mol. The quantitative estimate of drug-likeness (QED) is 0.611. The van der Waals surface area contributed by atoms with Gasteiger partial charge in [0.05, 0.1) is 17.7 Å². The fourth-order valence-corrected chi connectivity index (χ4v) is 3.67. The second kappa shape index (κ2) is 6.56. The number of amides is 1. The van der Waals surface area contributed by atoms with E-state index in [9.17, 15) is 4.79 Å². The Kier molecular flexibility index (Phi) is 4.50. The molecule has 1 aliphatic rings. The standard InChI is InChI=1S/C18H15NO2S2/c1-12-8-9-15(21-2)13(10-12)11-16-17(20)19(18(22)23-16)14-6-4-3-5-7-14/h3-11H,1-2H3/b16-11+. The minimum absolute atomic E-state index is 0.102. The minimum atomic E-state index is -0.102. The summed E-state index contributed by atoms with van der Waals surface area (Å²) in [4.78, 5) is 14.9. The van der Waals surface area contributed by atoms with E-state index in [4.69, 9.17) is 17.0 Å². The lowest BCUT2D eigenvalue weighted by Gasteiger charge is -2.13. The first-order valence-corrected chi connectivity index (χ1v) is 8.30. The van der Waals surface area contributed by atoms with Crippen LogP contribution in [0, 0.1) is 6.92 Å². The molecule has 0 saturated carbocycles. The molecule has 1 saturated heterocycles. The summed E-state index contributed by atoms with van der Waals surface area (Å²) in [6.07, 6.45) is 1.84. The smallest absolute Gasteiger partial charge is 0.270 e. The van der Waals surface area contributed by atoms with Crippen LogP contribution in [0.15, 0.2) is 53.4 Å². The maximum absolute atomic E-state index is 12.7. The number of ether oxygens (including phenoxy) is 1. The van der Waals surface area contributed by atoms with E-state index in [-0.39, 0.29) is 5.91 Å². The molecule has 3 nitrogen and oxygen atoms in total. The molecule has 1 aliphatic heterocycles. The lowest BCUT2D eigenvalue weighted by atomic mass is 10.1. The molecule has 0 spiro atoms. The van der Waals surface area contributed by atoms with E-state index in [0.717, 1.165) is 22.6 Å². The van der Waals surface area contributed by atoms with Crippen LogP contribution in [0.3, 0.4) is 0 Å². The number of carbonyl (C=O) groups is 1. The largest absolute Gasteiger partial charge is 0.496 e. The summed E-state index contributed by atoms with van der Waals surface area (Å²) < 4.78 is 5.91. The minimum Gasteiger partial charge on any atom is -0.496 e. The van der Waals surface area contributed by atoms with Gasteiger partial charge < -0.3 is 4.74 Å². The second-order valence-corrected chi connectivity index (χ2v) is 6.77. The highest BCUT2D eigenvalue weighted by Crippen LogP contribution is 2.37. The van der Waals surface area contributed by atoms with Crippen LogP contribution in [0.25, 0.3) is 6.08 Å². The molecule has 23 heavy (non-hydrogen) atoms.